The number of carbonyl (C=O) groups is 2. The largest absolute Gasteiger partial charge is 0.392 e. The lowest BCUT2D eigenvalue weighted by molar-refractivity contribution is -0.131. The van der Waals surface area contributed by atoms with E-state index in [1.165, 1.54) is 0 Å². The number of carbonyl (C=O) groups excluding carboxylic acids is 2. The number of urea groups is 1. The second kappa shape index (κ2) is 7.00. The monoisotopic (exact) mass is 319 g/mol. The molecule has 23 heavy (non-hydrogen) atoms. The normalized spacial score (nSPS) is 18.2. The second-order valence-corrected chi connectivity index (χ2v) is 6.88. The quantitative estimate of drug-likeness (QED) is 0.784. The highest BCUT2D eigenvalue weighted by Crippen LogP contribution is 2.21. The summed E-state index contributed by atoms with van der Waals surface area (Å²) in [7, 11) is 0. The Kier molecular flexibility index (Phi) is 5.26. The summed E-state index contributed by atoms with van der Waals surface area (Å²) in [5.41, 5.74) is 1.57. The third kappa shape index (κ3) is 4.69. The first-order valence-corrected chi connectivity index (χ1v) is 7.83. The van der Waals surface area contributed by atoms with Crippen molar-refractivity contribution in [2.75, 3.05) is 6.54 Å². The predicted octanol–water partition coefficient (Wildman–Crippen LogP) is 1.38. The van der Waals surface area contributed by atoms with E-state index in [1.54, 1.807) is 4.90 Å². The van der Waals surface area contributed by atoms with Crippen LogP contribution in [-0.4, -0.2) is 40.1 Å². The number of benzene rings is 1. The molecule has 3 N–H and O–H groups in total. The van der Waals surface area contributed by atoms with Crippen molar-refractivity contribution in [1.29, 1.82) is 0 Å². The summed E-state index contributed by atoms with van der Waals surface area (Å²) in [5, 5.41) is 14.6. The van der Waals surface area contributed by atoms with Crippen LogP contribution in [0.25, 0.3) is 0 Å². The van der Waals surface area contributed by atoms with E-state index >= 15 is 0 Å². The van der Waals surface area contributed by atoms with Crippen LogP contribution in [0.4, 0.5) is 4.79 Å². The standard InChI is InChI=1S/C17H25N3O3/c1-17(2,3)20-10-14(8-15(20)22)19-16(23)18-9-12-4-6-13(11-21)7-5-12/h4-7,14,21H,8-11H2,1-3H3,(H2,18,19,23). The number of likely N-dealkylation sites (tertiary alicyclic amines) is 1. The zero-order valence-electron chi connectivity index (χ0n) is 13.9. The fourth-order valence-corrected chi connectivity index (χ4v) is 2.63. The molecule has 0 spiro atoms. The molecule has 0 saturated carbocycles. The highest BCUT2D eigenvalue weighted by atomic mass is 16.3. The molecule has 1 aromatic rings. The van der Waals surface area contributed by atoms with E-state index in [9.17, 15) is 9.59 Å². The molecule has 1 saturated heterocycles. The lowest BCUT2D eigenvalue weighted by atomic mass is 10.1. The molecule has 1 aromatic carbocycles. The molecule has 1 heterocycles. The van der Waals surface area contributed by atoms with Crippen molar-refractivity contribution in [2.45, 2.75) is 51.9 Å². The average Bonchev–Trinajstić information content (AvgIpc) is 2.86. The van der Waals surface area contributed by atoms with Gasteiger partial charge in [0.05, 0.1) is 12.6 Å². The van der Waals surface area contributed by atoms with Gasteiger partial charge in [-0.1, -0.05) is 24.3 Å². The number of hydrogen-bond donors (Lipinski definition) is 3. The molecular weight excluding hydrogens is 294 g/mol. The smallest absolute Gasteiger partial charge is 0.315 e. The van der Waals surface area contributed by atoms with Crippen molar-refractivity contribution in [1.82, 2.24) is 15.5 Å². The van der Waals surface area contributed by atoms with Gasteiger partial charge in [0.25, 0.3) is 0 Å². The molecule has 6 heteroatoms. The maximum atomic E-state index is 12.0. The number of rotatable bonds is 4. The van der Waals surface area contributed by atoms with Crippen LogP contribution in [0.3, 0.4) is 0 Å². The Bertz CT molecular complexity index is 563. The van der Waals surface area contributed by atoms with E-state index in [0.717, 1.165) is 11.1 Å². The summed E-state index contributed by atoms with van der Waals surface area (Å²) in [5.74, 6) is 0.0717. The predicted molar refractivity (Wildman–Crippen MR) is 87.6 cm³/mol. The number of amides is 3. The van der Waals surface area contributed by atoms with Crippen molar-refractivity contribution in [3.05, 3.63) is 35.4 Å². The summed E-state index contributed by atoms with van der Waals surface area (Å²) < 4.78 is 0. The second-order valence-electron chi connectivity index (χ2n) is 6.88. The molecule has 6 nitrogen and oxygen atoms in total. The van der Waals surface area contributed by atoms with E-state index in [1.807, 2.05) is 45.0 Å². The fourth-order valence-electron chi connectivity index (χ4n) is 2.63. The first-order valence-electron chi connectivity index (χ1n) is 7.83. The van der Waals surface area contributed by atoms with Crippen molar-refractivity contribution in [3.8, 4) is 0 Å². The van der Waals surface area contributed by atoms with Crippen molar-refractivity contribution >= 4 is 11.9 Å². The van der Waals surface area contributed by atoms with Gasteiger partial charge in [0.15, 0.2) is 0 Å². The third-order valence-corrected chi connectivity index (χ3v) is 3.93. The Balaban J connectivity index is 1.80. The molecule has 1 aliphatic rings. The van der Waals surface area contributed by atoms with E-state index in [2.05, 4.69) is 10.6 Å². The molecular formula is C17H25N3O3. The van der Waals surface area contributed by atoms with Crippen molar-refractivity contribution in [2.24, 2.45) is 0 Å². The molecule has 1 fully saturated rings. The van der Waals surface area contributed by atoms with E-state index in [4.69, 9.17) is 5.11 Å². The molecule has 0 aromatic heterocycles. The van der Waals surface area contributed by atoms with E-state index in [0.29, 0.717) is 19.5 Å². The maximum Gasteiger partial charge on any atom is 0.315 e. The van der Waals surface area contributed by atoms with Gasteiger partial charge in [-0.25, -0.2) is 4.79 Å². The van der Waals surface area contributed by atoms with Crippen LogP contribution in [0.2, 0.25) is 0 Å². The Morgan fingerprint density at radius 1 is 1.26 bits per heavy atom. The summed E-state index contributed by atoms with van der Waals surface area (Å²) >= 11 is 0. The van der Waals surface area contributed by atoms with Crippen LogP contribution in [0.5, 0.6) is 0 Å². The molecule has 0 aliphatic carbocycles. The zero-order chi connectivity index (χ0) is 17.0. The SMILES string of the molecule is CC(C)(C)N1CC(NC(=O)NCc2ccc(CO)cc2)CC1=O. The van der Waals surface area contributed by atoms with Gasteiger partial charge in [-0.15, -0.1) is 0 Å². The summed E-state index contributed by atoms with van der Waals surface area (Å²) in [6.45, 7) is 6.92. The van der Waals surface area contributed by atoms with Crippen LogP contribution in [0.15, 0.2) is 24.3 Å². The van der Waals surface area contributed by atoms with Gasteiger partial charge < -0.3 is 20.6 Å². The minimum atomic E-state index is -0.273. The maximum absolute atomic E-state index is 12.0. The van der Waals surface area contributed by atoms with Crippen LogP contribution in [-0.2, 0) is 17.9 Å². The number of nitrogens with zero attached hydrogens (tertiary/aromatic N) is 1. The first kappa shape index (κ1) is 17.3. The Labute approximate surface area is 136 Å². The van der Waals surface area contributed by atoms with Crippen molar-refractivity contribution in [3.63, 3.8) is 0 Å². The Morgan fingerprint density at radius 2 is 1.87 bits per heavy atom. The van der Waals surface area contributed by atoms with E-state index in [-0.39, 0.29) is 30.1 Å². The van der Waals surface area contributed by atoms with Gasteiger partial charge in [0.1, 0.15) is 0 Å². The van der Waals surface area contributed by atoms with Gasteiger partial charge in [0, 0.05) is 25.0 Å². The molecule has 1 atom stereocenters. The molecule has 0 bridgehead atoms. The zero-order valence-corrected chi connectivity index (χ0v) is 13.9. The topological polar surface area (TPSA) is 81.7 Å². The number of nitrogens with one attached hydrogen (secondary N) is 2. The van der Waals surface area contributed by atoms with Crippen LogP contribution in [0, 0.1) is 0 Å². The lowest BCUT2D eigenvalue weighted by Crippen LogP contribution is -2.46. The number of aliphatic hydroxyl groups excluding tert-OH is 1. The van der Waals surface area contributed by atoms with Gasteiger partial charge in [-0.3, -0.25) is 4.79 Å². The Morgan fingerprint density at radius 3 is 2.39 bits per heavy atom. The van der Waals surface area contributed by atoms with Crippen LogP contribution < -0.4 is 10.6 Å². The van der Waals surface area contributed by atoms with Crippen LogP contribution in [0.1, 0.15) is 38.3 Å². The molecule has 3 amide bonds. The third-order valence-electron chi connectivity index (χ3n) is 3.93. The molecule has 2 rings (SSSR count). The minimum absolute atomic E-state index is 0.00812. The molecule has 1 unspecified atom stereocenters. The highest BCUT2D eigenvalue weighted by Gasteiger charge is 2.36. The first-order chi connectivity index (χ1) is 10.8. The number of aliphatic hydroxyl groups is 1. The highest BCUT2D eigenvalue weighted by molar-refractivity contribution is 5.82. The van der Waals surface area contributed by atoms with Gasteiger partial charge in [-0.2, -0.15) is 0 Å². The summed E-state index contributed by atoms with van der Waals surface area (Å²) in [4.78, 5) is 25.8. The average molecular weight is 319 g/mol. The lowest BCUT2D eigenvalue weighted by Gasteiger charge is -2.32. The van der Waals surface area contributed by atoms with Gasteiger partial charge >= 0.3 is 6.03 Å². The minimum Gasteiger partial charge on any atom is -0.392 e. The molecule has 126 valence electrons. The summed E-state index contributed by atoms with van der Waals surface area (Å²) in [6.07, 6.45) is 0.343. The molecule has 0 radical (unpaired) electrons. The molecule has 1 aliphatic heterocycles. The summed E-state index contributed by atoms with van der Waals surface area (Å²) in [6, 6.07) is 6.96. The fraction of sp³-hybridized carbons (Fsp3) is 0.529. The van der Waals surface area contributed by atoms with Crippen molar-refractivity contribution < 1.29 is 14.7 Å². The number of hydrogen-bond acceptors (Lipinski definition) is 3. The van der Waals surface area contributed by atoms with Crippen LogP contribution >= 0.6 is 0 Å². The van der Waals surface area contributed by atoms with Gasteiger partial charge in [-0.05, 0) is 31.9 Å². The van der Waals surface area contributed by atoms with E-state index < -0.39 is 0 Å². The Hall–Kier alpha value is -2.08. The van der Waals surface area contributed by atoms with Gasteiger partial charge in [0.2, 0.25) is 5.91 Å².